The molecular weight excluding hydrogens is 229 g/mol. The molecule has 2 rings (SSSR count). The average molecular weight is 249 g/mol. The van der Waals surface area contributed by atoms with Crippen molar-refractivity contribution in [2.24, 2.45) is 5.92 Å². The molecule has 0 bridgehead atoms. The quantitative estimate of drug-likeness (QED) is 0.801. The van der Waals surface area contributed by atoms with Crippen LogP contribution in [0.5, 0.6) is 0 Å². The van der Waals surface area contributed by atoms with E-state index in [-0.39, 0.29) is 11.7 Å². The van der Waals surface area contributed by atoms with Gasteiger partial charge in [0.15, 0.2) is 0 Å². The molecule has 0 radical (unpaired) electrons. The number of nitrogens with zero attached hydrogens (tertiary/aromatic N) is 1. The second-order valence-corrected chi connectivity index (χ2v) is 5.55. The van der Waals surface area contributed by atoms with Crippen molar-refractivity contribution in [3.63, 3.8) is 0 Å². The van der Waals surface area contributed by atoms with Crippen molar-refractivity contribution in [2.75, 3.05) is 6.54 Å². The molecule has 1 aliphatic rings. The minimum absolute atomic E-state index is 0.0369. The fraction of sp³-hybridized carbons (Fsp3) is 0.533. The molecule has 1 fully saturated rings. The van der Waals surface area contributed by atoms with Gasteiger partial charge in [-0.1, -0.05) is 19.9 Å². The number of aryl methyl sites for hydroxylation is 1. The molecule has 0 heterocycles. The van der Waals surface area contributed by atoms with Crippen LogP contribution in [0.25, 0.3) is 0 Å². The van der Waals surface area contributed by atoms with E-state index in [4.69, 9.17) is 0 Å². The summed E-state index contributed by atoms with van der Waals surface area (Å²) in [5, 5.41) is 0. The lowest BCUT2D eigenvalue weighted by molar-refractivity contribution is 0.0722. The molecule has 0 N–H and O–H groups in total. The number of amides is 1. The monoisotopic (exact) mass is 249 g/mol. The predicted octanol–water partition coefficient (Wildman–Crippen LogP) is 3.39. The molecule has 1 aromatic carbocycles. The summed E-state index contributed by atoms with van der Waals surface area (Å²) in [4.78, 5) is 14.3. The van der Waals surface area contributed by atoms with Crippen LogP contribution in [0.4, 0.5) is 4.39 Å². The molecule has 0 spiro atoms. The first-order valence-electron chi connectivity index (χ1n) is 6.56. The van der Waals surface area contributed by atoms with Crippen molar-refractivity contribution in [1.82, 2.24) is 4.90 Å². The molecule has 0 atom stereocenters. The van der Waals surface area contributed by atoms with Crippen molar-refractivity contribution in [3.05, 3.63) is 35.1 Å². The van der Waals surface area contributed by atoms with Gasteiger partial charge in [0.1, 0.15) is 5.82 Å². The standard InChI is InChI=1S/C15H20FNO/c1-10(2)9-17(13-6-7-13)15(18)12-5-4-11(3)14(16)8-12/h4-5,8,10,13H,6-7,9H2,1-3H3. The third-order valence-electron chi connectivity index (χ3n) is 3.23. The molecule has 0 saturated heterocycles. The second kappa shape index (κ2) is 5.09. The van der Waals surface area contributed by atoms with Crippen LogP contribution in [0.1, 0.15) is 42.6 Å². The number of rotatable bonds is 4. The summed E-state index contributed by atoms with van der Waals surface area (Å²) >= 11 is 0. The topological polar surface area (TPSA) is 20.3 Å². The smallest absolute Gasteiger partial charge is 0.254 e. The van der Waals surface area contributed by atoms with Gasteiger partial charge >= 0.3 is 0 Å². The third-order valence-corrected chi connectivity index (χ3v) is 3.23. The lowest BCUT2D eigenvalue weighted by Crippen LogP contribution is -2.36. The van der Waals surface area contributed by atoms with Gasteiger partial charge in [-0.25, -0.2) is 4.39 Å². The minimum Gasteiger partial charge on any atom is -0.335 e. The summed E-state index contributed by atoms with van der Waals surface area (Å²) in [5.41, 5.74) is 1.04. The van der Waals surface area contributed by atoms with Gasteiger partial charge in [-0.05, 0) is 43.4 Å². The van der Waals surface area contributed by atoms with Gasteiger partial charge in [-0.2, -0.15) is 0 Å². The molecule has 1 aromatic rings. The van der Waals surface area contributed by atoms with E-state index in [0.717, 1.165) is 19.4 Å². The predicted molar refractivity (Wildman–Crippen MR) is 70.0 cm³/mol. The number of hydrogen-bond acceptors (Lipinski definition) is 1. The largest absolute Gasteiger partial charge is 0.335 e. The molecule has 2 nitrogen and oxygen atoms in total. The first-order valence-corrected chi connectivity index (χ1v) is 6.56. The van der Waals surface area contributed by atoms with E-state index in [1.807, 2.05) is 4.90 Å². The maximum atomic E-state index is 13.5. The molecule has 3 heteroatoms. The fourth-order valence-electron chi connectivity index (χ4n) is 2.07. The van der Waals surface area contributed by atoms with E-state index in [1.165, 1.54) is 6.07 Å². The molecule has 1 aliphatic carbocycles. The highest BCUT2D eigenvalue weighted by molar-refractivity contribution is 5.94. The van der Waals surface area contributed by atoms with E-state index in [0.29, 0.717) is 23.1 Å². The van der Waals surface area contributed by atoms with E-state index < -0.39 is 0 Å². The van der Waals surface area contributed by atoms with Crippen LogP contribution in [0.15, 0.2) is 18.2 Å². The molecule has 0 aromatic heterocycles. The van der Waals surface area contributed by atoms with Crippen LogP contribution in [0, 0.1) is 18.7 Å². The highest BCUT2D eigenvalue weighted by Gasteiger charge is 2.33. The maximum absolute atomic E-state index is 13.5. The van der Waals surface area contributed by atoms with Gasteiger partial charge in [0.2, 0.25) is 0 Å². The molecular formula is C15H20FNO. The molecule has 18 heavy (non-hydrogen) atoms. The van der Waals surface area contributed by atoms with E-state index in [9.17, 15) is 9.18 Å². The van der Waals surface area contributed by atoms with Crippen LogP contribution in [-0.2, 0) is 0 Å². The Kier molecular flexibility index (Phi) is 3.69. The zero-order valence-electron chi connectivity index (χ0n) is 11.2. The Bertz CT molecular complexity index is 452. The van der Waals surface area contributed by atoms with Crippen LogP contribution in [0.3, 0.4) is 0 Å². The number of benzene rings is 1. The summed E-state index contributed by atoms with van der Waals surface area (Å²) < 4.78 is 13.5. The molecule has 98 valence electrons. The van der Waals surface area contributed by atoms with Crippen molar-refractivity contribution in [3.8, 4) is 0 Å². The zero-order valence-corrected chi connectivity index (χ0v) is 11.2. The van der Waals surface area contributed by atoms with Crippen LogP contribution < -0.4 is 0 Å². The first kappa shape index (κ1) is 13.1. The first-order chi connectivity index (χ1) is 8.49. The van der Waals surface area contributed by atoms with Gasteiger partial charge in [-0.15, -0.1) is 0 Å². The van der Waals surface area contributed by atoms with Crippen LogP contribution in [0.2, 0.25) is 0 Å². The average Bonchev–Trinajstić information content (AvgIpc) is 3.12. The van der Waals surface area contributed by atoms with E-state index >= 15 is 0 Å². The Balaban J connectivity index is 2.19. The normalized spacial score (nSPS) is 14.9. The van der Waals surface area contributed by atoms with Gasteiger partial charge in [0.05, 0.1) is 0 Å². The van der Waals surface area contributed by atoms with Crippen LogP contribution >= 0.6 is 0 Å². The maximum Gasteiger partial charge on any atom is 0.254 e. The molecule has 0 unspecified atom stereocenters. The molecule has 1 saturated carbocycles. The lowest BCUT2D eigenvalue weighted by atomic mass is 10.1. The van der Waals surface area contributed by atoms with Crippen molar-refractivity contribution in [1.29, 1.82) is 0 Å². The number of carbonyl (C=O) groups is 1. The summed E-state index contributed by atoms with van der Waals surface area (Å²) in [6, 6.07) is 5.11. The number of hydrogen-bond donors (Lipinski definition) is 0. The minimum atomic E-state index is -0.304. The van der Waals surface area contributed by atoms with Gasteiger partial charge in [-0.3, -0.25) is 4.79 Å². The zero-order chi connectivity index (χ0) is 13.3. The summed E-state index contributed by atoms with van der Waals surface area (Å²) in [5.74, 6) is 0.0936. The highest BCUT2D eigenvalue weighted by atomic mass is 19.1. The van der Waals surface area contributed by atoms with E-state index in [1.54, 1.807) is 19.1 Å². The van der Waals surface area contributed by atoms with Crippen molar-refractivity contribution >= 4 is 5.91 Å². The Morgan fingerprint density at radius 2 is 2.11 bits per heavy atom. The SMILES string of the molecule is Cc1ccc(C(=O)N(CC(C)C)C2CC2)cc1F. The fourth-order valence-corrected chi connectivity index (χ4v) is 2.07. The summed E-state index contributed by atoms with van der Waals surface area (Å²) in [6.07, 6.45) is 2.15. The van der Waals surface area contributed by atoms with Crippen LogP contribution in [-0.4, -0.2) is 23.4 Å². The van der Waals surface area contributed by atoms with Gasteiger partial charge in [0, 0.05) is 18.2 Å². The summed E-state index contributed by atoms with van der Waals surface area (Å²) in [7, 11) is 0. The van der Waals surface area contributed by atoms with Gasteiger partial charge < -0.3 is 4.90 Å². The number of carbonyl (C=O) groups excluding carboxylic acids is 1. The third kappa shape index (κ3) is 2.89. The Labute approximate surface area is 108 Å². The second-order valence-electron chi connectivity index (χ2n) is 5.55. The Hall–Kier alpha value is -1.38. The molecule has 0 aliphatic heterocycles. The van der Waals surface area contributed by atoms with Gasteiger partial charge in [0.25, 0.3) is 5.91 Å². The number of halogens is 1. The molecule has 1 amide bonds. The highest BCUT2D eigenvalue weighted by Crippen LogP contribution is 2.29. The van der Waals surface area contributed by atoms with E-state index in [2.05, 4.69) is 13.8 Å². The summed E-state index contributed by atoms with van der Waals surface area (Å²) in [6.45, 7) is 6.64. The van der Waals surface area contributed by atoms with Crippen molar-refractivity contribution < 1.29 is 9.18 Å². The Morgan fingerprint density at radius 3 is 2.61 bits per heavy atom. The Morgan fingerprint density at radius 1 is 1.44 bits per heavy atom. The van der Waals surface area contributed by atoms with Crippen molar-refractivity contribution in [2.45, 2.75) is 39.7 Å². The lowest BCUT2D eigenvalue weighted by Gasteiger charge is -2.24.